The first-order valence-electron chi connectivity index (χ1n) is 10.2. The number of benzene rings is 1. The van der Waals surface area contributed by atoms with Gasteiger partial charge in [-0.2, -0.15) is 0 Å². The van der Waals surface area contributed by atoms with Gasteiger partial charge in [-0.3, -0.25) is 14.5 Å². The number of amides is 2. The third-order valence-electron chi connectivity index (χ3n) is 5.76. The third-order valence-corrected chi connectivity index (χ3v) is 6.09. The molecule has 1 atom stereocenters. The fourth-order valence-electron chi connectivity index (χ4n) is 4.31. The molecule has 1 saturated heterocycles. The largest absolute Gasteiger partial charge is 0.355 e. The summed E-state index contributed by atoms with van der Waals surface area (Å²) >= 11 is 6.18. The van der Waals surface area contributed by atoms with Gasteiger partial charge >= 0.3 is 0 Å². The van der Waals surface area contributed by atoms with Crippen molar-refractivity contribution < 1.29 is 9.59 Å². The van der Waals surface area contributed by atoms with E-state index in [0.29, 0.717) is 29.6 Å². The van der Waals surface area contributed by atoms with E-state index in [1.54, 1.807) is 12.1 Å². The van der Waals surface area contributed by atoms with Gasteiger partial charge in [0.25, 0.3) is 5.91 Å². The van der Waals surface area contributed by atoms with Crippen molar-refractivity contribution in [1.29, 1.82) is 0 Å². The lowest BCUT2D eigenvalue weighted by Gasteiger charge is -2.40. The Morgan fingerprint density at radius 3 is 2.44 bits per heavy atom. The van der Waals surface area contributed by atoms with E-state index in [0.717, 1.165) is 38.9 Å². The van der Waals surface area contributed by atoms with Crippen LogP contribution in [0.2, 0.25) is 5.02 Å². The van der Waals surface area contributed by atoms with E-state index in [1.165, 1.54) is 12.8 Å². The van der Waals surface area contributed by atoms with Crippen molar-refractivity contribution in [2.75, 3.05) is 32.7 Å². The second-order valence-electron chi connectivity index (χ2n) is 7.59. The molecule has 0 aromatic heterocycles. The normalized spacial score (nSPS) is 19.9. The lowest BCUT2D eigenvalue weighted by atomic mass is 9.95. The monoisotopic (exact) mass is 391 g/mol. The van der Waals surface area contributed by atoms with Crippen molar-refractivity contribution in [3.05, 3.63) is 34.9 Å². The third kappa shape index (κ3) is 4.82. The molecule has 2 fully saturated rings. The number of carbonyl (C=O) groups excluding carboxylic acids is 2. The second-order valence-corrected chi connectivity index (χ2v) is 8.00. The van der Waals surface area contributed by atoms with E-state index in [9.17, 15) is 9.59 Å². The molecule has 3 rings (SSSR count). The Labute approximate surface area is 167 Å². The van der Waals surface area contributed by atoms with E-state index in [1.807, 2.05) is 17.0 Å². The topological polar surface area (TPSA) is 52.7 Å². The molecule has 148 valence electrons. The highest BCUT2D eigenvalue weighted by Gasteiger charge is 2.37. The van der Waals surface area contributed by atoms with E-state index in [2.05, 4.69) is 17.1 Å². The van der Waals surface area contributed by atoms with Gasteiger partial charge < -0.3 is 10.2 Å². The van der Waals surface area contributed by atoms with Crippen LogP contribution in [0.25, 0.3) is 0 Å². The summed E-state index contributed by atoms with van der Waals surface area (Å²) in [6.07, 6.45) is 5.63. The molecule has 1 heterocycles. The lowest BCUT2D eigenvalue weighted by Crippen LogP contribution is -2.58. The van der Waals surface area contributed by atoms with Gasteiger partial charge in [-0.05, 0) is 37.3 Å². The Morgan fingerprint density at radius 2 is 1.81 bits per heavy atom. The average molecular weight is 392 g/mol. The summed E-state index contributed by atoms with van der Waals surface area (Å²) < 4.78 is 0. The molecule has 0 spiro atoms. The number of rotatable bonds is 6. The van der Waals surface area contributed by atoms with Crippen LogP contribution >= 0.6 is 11.6 Å². The maximum Gasteiger partial charge on any atom is 0.255 e. The van der Waals surface area contributed by atoms with Crippen LogP contribution in [-0.2, 0) is 4.79 Å². The summed E-state index contributed by atoms with van der Waals surface area (Å²) in [6, 6.07) is 7.13. The predicted octanol–water partition coefficient (Wildman–Crippen LogP) is 3.18. The molecule has 6 heteroatoms. The van der Waals surface area contributed by atoms with Gasteiger partial charge in [-0.1, -0.05) is 43.5 Å². The fourth-order valence-corrected chi connectivity index (χ4v) is 4.53. The van der Waals surface area contributed by atoms with Crippen LogP contribution in [0, 0.1) is 5.92 Å². The first kappa shape index (κ1) is 20.2. The van der Waals surface area contributed by atoms with E-state index >= 15 is 0 Å². The van der Waals surface area contributed by atoms with Crippen molar-refractivity contribution in [2.24, 2.45) is 5.92 Å². The highest BCUT2D eigenvalue weighted by Crippen LogP contribution is 2.31. The number of hydrogen-bond acceptors (Lipinski definition) is 3. The standard InChI is InChI=1S/C21H30ClN3O2/c1-2-11-23-20(26)19(16-7-3-4-8-16)24-12-14-25(15-13-24)21(27)17-9-5-6-10-18(17)22/h5-6,9-10,16,19H,2-4,7-8,11-15H2,1H3,(H,23,26). The lowest BCUT2D eigenvalue weighted by molar-refractivity contribution is -0.129. The molecule has 27 heavy (non-hydrogen) atoms. The molecule has 1 aliphatic carbocycles. The van der Waals surface area contributed by atoms with Crippen LogP contribution in [0.5, 0.6) is 0 Å². The van der Waals surface area contributed by atoms with Gasteiger partial charge in [-0.25, -0.2) is 0 Å². The summed E-state index contributed by atoms with van der Waals surface area (Å²) in [7, 11) is 0. The van der Waals surface area contributed by atoms with Gasteiger partial charge in [0.1, 0.15) is 0 Å². The summed E-state index contributed by atoms with van der Waals surface area (Å²) in [6.45, 7) is 5.54. The predicted molar refractivity (Wildman–Crippen MR) is 108 cm³/mol. The number of halogens is 1. The Bertz CT molecular complexity index is 653. The fraction of sp³-hybridized carbons (Fsp3) is 0.619. The van der Waals surface area contributed by atoms with Gasteiger partial charge in [-0.15, -0.1) is 0 Å². The van der Waals surface area contributed by atoms with Gasteiger partial charge in [0.2, 0.25) is 5.91 Å². The molecule has 0 radical (unpaired) electrons. The van der Waals surface area contributed by atoms with Crippen molar-refractivity contribution in [3.63, 3.8) is 0 Å². The van der Waals surface area contributed by atoms with Crippen molar-refractivity contribution in [3.8, 4) is 0 Å². The molecule has 1 N–H and O–H groups in total. The van der Waals surface area contributed by atoms with Crippen molar-refractivity contribution in [1.82, 2.24) is 15.1 Å². The average Bonchev–Trinajstić information content (AvgIpc) is 3.21. The SMILES string of the molecule is CCCNC(=O)C(C1CCCC1)N1CCN(C(=O)c2ccccc2Cl)CC1. The molecule has 1 aromatic carbocycles. The van der Waals surface area contributed by atoms with E-state index in [4.69, 9.17) is 11.6 Å². The molecule has 0 bridgehead atoms. The Morgan fingerprint density at radius 1 is 1.15 bits per heavy atom. The first-order valence-corrected chi connectivity index (χ1v) is 10.5. The van der Waals surface area contributed by atoms with Crippen LogP contribution in [-0.4, -0.2) is 60.4 Å². The minimum atomic E-state index is -0.0587. The maximum absolute atomic E-state index is 12.8. The molecule has 2 aliphatic rings. The molecule has 1 saturated carbocycles. The molecule has 1 unspecified atom stereocenters. The number of hydrogen-bond donors (Lipinski definition) is 1. The van der Waals surface area contributed by atoms with Crippen molar-refractivity contribution >= 4 is 23.4 Å². The molecular weight excluding hydrogens is 362 g/mol. The summed E-state index contributed by atoms with van der Waals surface area (Å²) in [5.41, 5.74) is 0.556. The summed E-state index contributed by atoms with van der Waals surface area (Å²) in [5.74, 6) is 0.579. The number of nitrogens with one attached hydrogen (secondary N) is 1. The van der Waals surface area contributed by atoms with Crippen LogP contribution < -0.4 is 5.32 Å². The van der Waals surface area contributed by atoms with Gasteiger partial charge in [0, 0.05) is 32.7 Å². The van der Waals surface area contributed by atoms with E-state index in [-0.39, 0.29) is 17.9 Å². The number of piperazine rings is 1. The van der Waals surface area contributed by atoms with E-state index < -0.39 is 0 Å². The second kappa shape index (κ2) is 9.56. The number of carbonyl (C=O) groups is 2. The maximum atomic E-state index is 12.8. The highest BCUT2D eigenvalue weighted by molar-refractivity contribution is 6.33. The number of nitrogens with zero attached hydrogens (tertiary/aromatic N) is 2. The Balaban J connectivity index is 1.64. The zero-order chi connectivity index (χ0) is 19.2. The quantitative estimate of drug-likeness (QED) is 0.810. The van der Waals surface area contributed by atoms with Crippen molar-refractivity contribution in [2.45, 2.75) is 45.1 Å². The summed E-state index contributed by atoms with van der Waals surface area (Å²) in [5, 5.41) is 3.59. The Hall–Kier alpha value is -1.59. The molecular formula is C21H30ClN3O2. The van der Waals surface area contributed by atoms with Crippen LogP contribution in [0.1, 0.15) is 49.4 Å². The minimum Gasteiger partial charge on any atom is -0.355 e. The molecule has 5 nitrogen and oxygen atoms in total. The Kier molecular flexibility index (Phi) is 7.13. The smallest absolute Gasteiger partial charge is 0.255 e. The zero-order valence-corrected chi connectivity index (χ0v) is 16.9. The highest BCUT2D eigenvalue weighted by atomic mass is 35.5. The van der Waals surface area contributed by atoms with Crippen LogP contribution in [0.3, 0.4) is 0 Å². The molecule has 1 aliphatic heterocycles. The first-order chi connectivity index (χ1) is 13.1. The minimum absolute atomic E-state index is 0.0203. The zero-order valence-electron chi connectivity index (χ0n) is 16.1. The van der Waals surface area contributed by atoms with Crippen LogP contribution in [0.4, 0.5) is 0 Å². The molecule has 2 amide bonds. The summed E-state index contributed by atoms with van der Waals surface area (Å²) in [4.78, 5) is 29.7. The van der Waals surface area contributed by atoms with Gasteiger partial charge in [0.05, 0.1) is 16.6 Å². The molecule has 1 aromatic rings. The van der Waals surface area contributed by atoms with Crippen LogP contribution in [0.15, 0.2) is 24.3 Å². The van der Waals surface area contributed by atoms with Gasteiger partial charge in [0.15, 0.2) is 0 Å².